The van der Waals surface area contributed by atoms with E-state index in [-0.39, 0.29) is 0 Å². The van der Waals surface area contributed by atoms with Gasteiger partial charge in [0.25, 0.3) is 0 Å². The molecule has 0 aliphatic carbocycles. The Bertz CT molecular complexity index is 3450. The molecule has 0 saturated carbocycles. The van der Waals surface area contributed by atoms with Gasteiger partial charge < -0.3 is 62.3 Å². The Labute approximate surface area is 488 Å². The molecule has 0 spiro atoms. The zero-order valence-electron chi connectivity index (χ0n) is 42.0. The number of aliphatic hydroxyl groups excluding tert-OH is 1. The maximum Gasteiger partial charge on any atom is 0.397 e. The van der Waals surface area contributed by atoms with Crippen molar-refractivity contribution in [1.29, 1.82) is 0 Å². The highest BCUT2D eigenvalue weighted by atomic mass is 32.3. The molecule has 0 aromatic heterocycles. The first-order chi connectivity index (χ1) is 39.3. The van der Waals surface area contributed by atoms with E-state index in [1.807, 2.05) is 0 Å². The van der Waals surface area contributed by atoms with Crippen molar-refractivity contribution in [2.45, 2.75) is 129 Å². The van der Waals surface area contributed by atoms with Gasteiger partial charge in [-0.25, -0.2) is 42.4 Å². The van der Waals surface area contributed by atoms with Gasteiger partial charge in [-0.1, -0.05) is 0 Å². The lowest BCUT2D eigenvalue weighted by molar-refractivity contribution is -0.375. The summed E-state index contributed by atoms with van der Waals surface area (Å²) in [5, 5.41) is 20.5. The molecule has 0 aromatic carbocycles. The zero-order valence-corrected chi connectivity index (χ0v) is 49.3. The monoisotopic (exact) mass is 1470 g/mol. The largest absolute Gasteiger partial charge is 0.479 e. The van der Waals surface area contributed by atoms with Gasteiger partial charge in [0, 0.05) is 14.2 Å². The highest BCUT2D eigenvalue weighted by Crippen LogP contribution is 2.39. The fraction of sp³-hybridized carbons (Fsp3) is 0.964. The topological polar surface area (TPSA) is 731 Å². The average molecular weight is 1470 g/mol. The molecule has 5 heterocycles. The van der Waals surface area contributed by atoms with Gasteiger partial charge in [0.15, 0.2) is 62.0 Å². The van der Waals surface area contributed by atoms with Crippen LogP contribution in [0.3, 0.4) is 0 Å². The lowest BCUT2D eigenvalue weighted by Crippen LogP contribution is -2.67. The number of methoxy groups -OCH3 is 2. The predicted octanol–water partition coefficient (Wildman–Crippen LogP) is -9.52. The molecular formula is C28H46O50S9. The Hall–Kier alpha value is -2.18. The van der Waals surface area contributed by atoms with Crippen LogP contribution in [0.5, 0.6) is 0 Å². The molecule has 21 atom stereocenters. The van der Waals surface area contributed by atoms with E-state index in [2.05, 4.69) is 37.6 Å². The van der Waals surface area contributed by atoms with Crippen molar-refractivity contribution < 1.29 is 221 Å². The number of hydrogen-bond acceptors (Lipinski definition) is 40. The van der Waals surface area contributed by atoms with Crippen molar-refractivity contribution in [3.8, 4) is 0 Å². The number of hydrogen-bond donors (Lipinski definition) is 11. The van der Waals surface area contributed by atoms with E-state index in [1.54, 1.807) is 0 Å². The van der Waals surface area contributed by atoms with Gasteiger partial charge in [-0.3, -0.25) is 41.0 Å². The maximum absolute atomic E-state index is 12.8. The minimum absolute atomic E-state index is 0.542. The third-order valence-corrected chi connectivity index (χ3v) is 15.4. The number of rotatable bonds is 29. The van der Waals surface area contributed by atoms with Crippen LogP contribution in [-0.4, -0.2) is 303 Å². The van der Waals surface area contributed by atoms with Crippen LogP contribution in [0.1, 0.15) is 0 Å². The summed E-state index contributed by atoms with van der Waals surface area (Å²) in [6.07, 6.45) is -60.0. The molecule has 512 valence electrons. The molecule has 59 heteroatoms. The first-order valence-electron chi connectivity index (χ1n) is 21.9. The van der Waals surface area contributed by atoms with Crippen molar-refractivity contribution in [1.82, 2.24) is 0 Å². The molecular weight excluding hydrogens is 1420 g/mol. The minimum atomic E-state index is -6.32. The second-order valence-corrected chi connectivity index (χ2v) is 26.5. The van der Waals surface area contributed by atoms with Crippen molar-refractivity contribution in [3.05, 3.63) is 0 Å². The lowest BCUT2D eigenvalue weighted by atomic mass is 9.98. The Morgan fingerprint density at radius 1 is 0.322 bits per heavy atom. The molecule has 0 amide bonds. The molecule has 87 heavy (non-hydrogen) atoms. The Balaban J connectivity index is 1.71. The van der Waals surface area contributed by atoms with Crippen molar-refractivity contribution in [2.75, 3.05) is 40.6 Å². The van der Waals surface area contributed by atoms with Gasteiger partial charge in [0.1, 0.15) is 67.1 Å². The van der Waals surface area contributed by atoms with Crippen LogP contribution in [0.2, 0.25) is 0 Å². The molecule has 5 saturated heterocycles. The van der Waals surface area contributed by atoms with Crippen LogP contribution in [0.4, 0.5) is 0 Å². The number of ether oxygens (including phenoxy) is 11. The van der Waals surface area contributed by atoms with Crippen LogP contribution in [-0.2, 0) is 188 Å². The predicted molar refractivity (Wildman–Crippen MR) is 246 cm³/mol. The second-order valence-electron chi connectivity index (χ2n) is 17.1. The number of carbonyl (C=O) groups is 1. The van der Waals surface area contributed by atoms with Gasteiger partial charge in [-0.05, 0) is 0 Å². The average Bonchev–Trinajstić information content (AvgIpc) is 2.25. The number of aliphatic hydroxyl groups is 1. The number of carboxylic acids is 1. The SMILES string of the molecule is CO[C@@H]1[C@@H](OS(=O)(=O)O)[C@H](OS(=O)(=O)O)[C@H](O[C@H]2[C@H](O[C@@H]3CO[C@@H](O)[C@H](OS(=O)(=O)O)[C@H]3OS(=O)(=O)O)OC[C@@H](O[C@@H]3OC[C@@H](O[C@@H]4OC[C@@H](OC)[C@H](OS(=O)(=O)O)[C@H]4OS(=O)(=O)O)[C@H](OS(=O)(=O)O)[C@H]3OS(=O)(=O)O)[C@@H]2OS(=O)(=O)O)O[C@H]1C(=O)O. The van der Waals surface area contributed by atoms with E-state index in [1.165, 1.54) is 0 Å². The van der Waals surface area contributed by atoms with Crippen LogP contribution in [0.15, 0.2) is 0 Å². The molecule has 0 radical (unpaired) electrons. The number of aliphatic carboxylic acids is 1. The summed E-state index contributed by atoms with van der Waals surface area (Å²) in [5.74, 6) is -2.30. The van der Waals surface area contributed by atoms with E-state index in [9.17, 15) is 132 Å². The maximum atomic E-state index is 12.8. The molecule has 5 aliphatic heterocycles. The van der Waals surface area contributed by atoms with Crippen molar-refractivity contribution in [2.24, 2.45) is 0 Å². The fourth-order valence-electron chi connectivity index (χ4n) is 8.33. The van der Waals surface area contributed by atoms with E-state index in [0.717, 1.165) is 7.11 Å². The lowest BCUT2D eigenvalue weighted by Gasteiger charge is -2.48. The van der Waals surface area contributed by atoms with Crippen molar-refractivity contribution in [3.63, 3.8) is 0 Å². The molecule has 0 aromatic rings. The molecule has 0 unspecified atom stereocenters. The summed E-state index contributed by atoms with van der Waals surface area (Å²) in [6, 6.07) is 0. The van der Waals surface area contributed by atoms with Crippen LogP contribution >= 0.6 is 0 Å². The minimum Gasteiger partial charge on any atom is -0.479 e. The summed E-state index contributed by atoms with van der Waals surface area (Å²) in [5.41, 5.74) is 0. The first-order valence-corrected chi connectivity index (χ1v) is 34.2. The molecule has 50 nitrogen and oxygen atoms in total. The third kappa shape index (κ3) is 23.4. The molecule has 5 fully saturated rings. The molecule has 5 rings (SSSR count). The normalized spacial score (nSPS) is 36.7. The fourth-order valence-corrected chi connectivity index (χ4v) is 12.8. The summed E-state index contributed by atoms with van der Waals surface area (Å²) < 4.78 is 405. The van der Waals surface area contributed by atoms with Gasteiger partial charge in [-0.2, -0.15) is 75.8 Å². The van der Waals surface area contributed by atoms with Gasteiger partial charge in [0.05, 0.1) is 26.4 Å². The smallest absolute Gasteiger partial charge is 0.397 e. The molecule has 0 bridgehead atoms. The number of carboxylic acid groups (broad SMARTS) is 1. The van der Waals surface area contributed by atoms with E-state index in [4.69, 9.17) is 52.1 Å². The Morgan fingerprint density at radius 2 is 0.586 bits per heavy atom. The standard InChI is InChI=1S/C28H46O50S9/c1-59-7-3-62-26(20(76-85(50,51)52)11(7)70-79(32,33)34)67-10-6-64-27(21(77-86(53,54)55)14(10)73-82(41,42)43)66-9-5-63-25(65-8-4-61-24(31)18(75-84(47,48)49)12(8)71-80(35,36)37)19(13(9)72-81(38,39)40)69-28-22(78-87(56,57)58)16(74-83(44,45)46)15(60-2)17(68-28)23(29)30/h7-22,24-28,31H,3-6H2,1-2H3,(H,29,30)(H,32,33,34)(H,35,36,37)(H,38,39,40)(H,41,42,43)(H,44,45,46)(H,47,48,49)(H,50,51,52)(H,53,54,55)(H,56,57,58)/t7-,8-,9-,10-,11+,12+,13+,14+,15-,16-,17-,18-,19-,20-,21-,22+,24-,25+,26+,27+,28+/m1/s1. The molecule has 5 aliphatic rings. The van der Waals surface area contributed by atoms with E-state index >= 15 is 0 Å². The van der Waals surface area contributed by atoms with E-state index < -0.39 is 255 Å². The van der Waals surface area contributed by atoms with Crippen LogP contribution in [0.25, 0.3) is 0 Å². The van der Waals surface area contributed by atoms with Gasteiger partial charge in [0.2, 0.25) is 0 Å². The summed E-state index contributed by atoms with van der Waals surface area (Å²) >= 11 is 0. The molecule has 11 N–H and O–H groups in total. The van der Waals surface area contributed by atoms with Gasteiger partial charge >= 0.3 is 99.6 Å². The van der Waals surface area contributed by atoms with Gasteiger partial charge in [-0.15, -0.1) is 0 Å². The van der Waals surface area contributed by atoms with E-state index in [0.29, 0.717) is 7.11 Å². The second kappa shape index (κ2) is 28.6. The van der Waals surface area contributed by atoms with Crippen molar-refractivity contribution >= 4 is 99.6 Å². The van der Waals surface area contributed by atoms with Crippen LogP contribution < -0.4 is 0 Å². The summed E-state index contributed by atoms with van der Waals surface area (Å²) in [4.78, 5) is 12.6. The van der Waals surface area contributed by atoms with Crippen LogP contribution in [0, 0.1) is 0 Å². The first kappa shape index (κ1) is 75.5. The Kier molecular flexibility index (Phi) is 24.8. The summed E-state index contributed by atoms with van der Waals surface area (Å²) in [7, 11) is -53.0. The quantitative estimate of drug-likeness (QED) is 0.0310. The third-order valence-electron chi connectivity index (χ3n) is 11.2. The Morgan fingerprint density at radius 3 is 0.920 bits per heavy atom. The highest BCUT2D eigenvalue weighted by molar-refractivity contribution is 7.82. The zero-order chi connectivity index (χ0) is 66.2. The summed E-state index contributed by atoms with van der Waals surface area (Å²) in [6.45, 7) is -5.65. The highest BCUT2D eigenvalue weighted by Gasteiger charge is 2.60.